The average molecular weight is 271 g/mol. The minimum absolute atomic E-state index is 0.0362. The summed E-state index contributed by atoms with van der Waals surface area (Å²) in [6.07, 6.45) is 4.53. The standard InChI is InChI=1S/C13H19F2N3O/c14-13(15)7-3-9(4-8-13)10-17-11(18-19-10)12(16)5-1-2-6-12/h9H,1-8,16H2. The summed E-state index contributed by atoms with van der Waals surface area (Å²) in [5.74, 6) is -1.52. The first-order chi connectivity index (χ1) is 8.99. The lowest BCUT2D eigenvalue weighted by molar-refractivity contribution is -0.0402. The van der Waals surface area contributed by atoms with E-state index in [0.29, 0.717) is 24.6 Å². The van der Waals surface area contributed by atoms with Crippen molar-refractivity contribution in [2.45, 2.75) is 68.7 Å². The number of nitrogens with zero attached hydrogens (tertiary/aromatic N) is 2. The van der Waals surface area contributed by atoms with Crippen LogP contribution in [0.25, 0.3) is 0 Å². The van der Waals surface area contributed by atoms with Gasteiger partial charge in [0.2, 0.25) is 11.8 Å². The van der Waals surface area contributed by atoms with Gasteiger partial charge in [0, 0.05) is 18.8 Å². The van der Waals surface area contributed by atoms with Crippen LogP contribution in [-0.4, -0.2) is 16.1 Å². The molecule has 1 aromatic rings. The molecular formula is C13H19F2N3O. The summed E-state index contributed by atoms with van der Waals surface area (Å²) in [7, 11) is 0. The summed E-state index contributed by atoms with van der Waals surface area (Å²) in [6, 6.07) is 0. The van der Waals surface area contributed by atoms with Gasteiger partial charge in [-0.15, -0.1) is 0 Å². The van der Waals surface area contributed by atoms with E-state index in [0.717, 1.165) is 25.7 Å². The van der Waals surface area contributed by atoms with E-state index < -0.39 is 11.5 Å². The Labute approximate surface area is 110 Å². The molecule has 19 heavy (non-hydrogen) atoms. The molecule has 1 heterocycles. The highest BCUT2D eigenvalue weighted by Crippen LogP contribution is 2.41. The Balaban J connectivity index is 1.72. The van der Waals surface area contributed by atoms with Gasteiger partial charge < -0.3 is 10.3 Å². The summed E-state index contributed by atoms with van der Waals surface area (Å²) >= 11 is 0. The molecule has 2 aliphatic carbocycles. The predicted molar refractivity (Wildman–Crippen MR) is 64.8 cm³/mol. The van der Waals surface area contributed by atoms with Crippen LogP contribution in [0.3, 0.4) is 0 Å². The first-order valence-electron chi connectivity index (χ1n) is 6.99. The van der Waals surface area contributed by atoms with Crippen LogP contribution >= 0.6 is 0 Å². The molecule has 0 aliphatic heterocycles. The van der Waals surface area contributed by atoms with Crippen molar-refractivity contribution >= 4 is 0 Å². The minimum Gasteiger partial charge on any atom is -0.339 e. The molecule has 0 amide bonds. The van der Waals surface area contributed by atoms with E-state index in [1.54, 1.807) is 0 Å². The van der Waals surface area contributed by atoms with Crippen molar-refractivity contribution in [3.05, 3.63) is 11.7 Å². The van der Waals surface area contributed by atoms with Gasteiger partial charge in [-0.25, -0.2) is 8.78 Å². The zero-order valence-corrected chi connectivity index (χ0v) is 10.9. The lowest BCUT2D eigenvalue weighted by Gasteiger charge is -2.25. The van der Waals surface area contributed by atoms with Crippen LogP contribution in [0.5, 0.6) is 0 Å². The summed E-state index contributed by atoms with van der Waals surface area (Å²) in [4.78, 5) is 4.39. The van der Waals surface area contributed by atoms with E-state index >= 15 is 0 Å². The van der Waals surface area contributed by atoms with Gasteiger partial charge in [-0.2, -0.15) is 4.98 Å². The van der Waals surface area contributed by atoms with E-state index in [1.807, 2.05) is 0 Å². The van der Waals surface area contributed by atoms with Crippen LogP contribution < -0.4 is 5.73 Å². The fourth-order valence-electron chi connectivity index (χ4n) is 3.12. The Morgan fingerprint density at radius 3 is 2.37 bits per heavy atom. The van der Waals surface area contributed by atoms with Crippen molar-refractivity contribution in [3.63, 3.8) is 0 Å². The topological polar surface area (TPSA) is 64.9 Å². The van der Waals surface area contributed by atoms with Crippen LogP contribution in [0.4, 0.5) is 8.78 Å². The van der Waals surface area contributed by atoms with Gasteiger partial charge in [0.15, 0.2) is 5.82 Å². The number of rotatable bonds is 2. The third-order valence-electron chi connectivity index (χ3n) is 4.45. The Kier molecular flexibility index (Phi) is 3.08. The molecule has 106 valence electrons. The summed E-state index contributed by atoms with van der Waals surface area (Å²) in [5.41, 5.74) is 5.79. The first kappa shape index (κ1) is 13.0. The maximum absolute atomic E-state index is 13.1. The molecule has 2 aliphatic rings. The quantitative estimate of drug-likeness (QED) is 0.897. The second kappa shape index (κ2) is 4.51. The summed E-state index contributed by atoms with van der Waals surface area (Å²) in [6.45, 7) is 0. The largest absolute Gasteiger partial charge is 0.339 e. The Morgan fingerprint density at radius 1 is 1.11 bits per heavy atom. The van der Waals surface area contributed by atoms with Crippen LogP contribution in [-0.2, 0) is 5.54 Å². The molecule has 3 rings (SSSR count). The summed E-state index contributed by atoms with van der Waals surface area (Å²) < 4.78 is 31.5. The number of aromatic nitrogens is 2. The normalized spacial score (nSPS) is 26.7. The van der Waals surface area contributed by atoms with Crippen LogP contribution in [0.1, 0.15) is 69.0 Å². The van der Waals surface area contributed by atoms with Crippen molar-refractivity contribution in [1.29, 1.82) is 0 Å². The molecule has 1 aromatic heterocycles. The highest BCUT2D eigenvalue weighted by atomic mass is 19.3. The molecule has 6 heteroatoms. The molecule has 2 N–H and O–H groups in total. The first-order valence-corrected chi connectivity index (χ1v) is 6.99. The van der Waals surface area contributed by atoms with Gasteiger partial charge in [0.25, 0.3) is 0 Å². The Bertz CT molecular complexity index is 444. The van der Waals surface area contributed by atoms with Gasteiger partial charge in [0.1, 0.15) is 0 Å². The molecule has 0 aromatic carbocycles. The average Bonchev–Trinajstić information content (AvgIpc) is 2.98. The van der Waals surface area contributed by atoms with Crippen molar-refractivity contribution in [2.75, 3.05) is 0 Å². The second-order valence-electron chi connectivity index (χ2n) is 5.95. The highest BCUT2D eigenvalue weighted by molar-refractivity contribution is 5.08. The van der Waals surface area contributed by atoms with E-state index in [4.69, 9.17) is 10.3 Å². The molecule has 0 saturated heterocycles. The maximum Gasteiger partial charge on any atom is 0.248 e. The number of halogens is 2. The molecule has 0 spiro atoms. The van der Waals surface area contributed by atoms with Gasteiger partial charge >= 0.3 is 0 Å². The molecule has 2 fully saturated rings. The van der Waals surface area contributed by atoms with Gasteiger partial charge in [-0.3, -0.25) is 0 Å². The summed E-state index contributed by atoms with van der Waals surface area (Å²) in [5, 5.41) is 3.98. The second-order valence-corrected chi connectivity index (χ2v) is 5.95. The lowest BCUT2D eigenvalue weighted by Crippen LogP contribution is -2.34. The fourth-order valence-corrected chi connectivity index (χ4v) is 3.12. The highest BCUT2D eigenvalue weighted by Gasteiger charge is 2.39. The maximum atomic E-state index is 13.1. The van der Waals surface area contributed by atoms with Crippen molar-refractivity contribution in [3.8, 4) is 0 Å². The molecule has 4 nitrogen and oxygen atoms in total. The van der Waals surface area contributed by atoms with Crippen molar-refractivity contribution in [2.24, 2.45) is 5.73 Å². The number of alkyl halides is 2. The number of hydrogen-bond donors (Lipinski definition) is 1. The SMILES string of the molecule is NC1(c2noc(C3CCC(F)(F)CC3)n2)CCCC1. The smallest absolute Gasteiger partial charge is 0.248 e. The van der Waals surface area contributed by atoms with E-state index in [1.165, 1.54) is 0 Å². The fraction of sp³-hybridized carbons (Fsp3) is 0.846. The lowest BCUT2D eigenvalue weighted by atomic mass is 9.86. The molecule has 0 bridgehead atoms. The van der Waals surface area contributed by atoms with Crippen LogP contribution in [0, 0.1) is 0 Å². The van der Waals surface area contributed by atoms with Crippen molar-refractivity contribution in [1.82, 2.24) is 10.1 Å². The predicted octanol–water partition coefficient (Wildman–Crippen LogP) is 3.09. The Morgan fingerprint density at radius 2 is 1.74 bits per heavy atom. The van der Waals surface area contributed by atoms with Gasteiger partial charge in [-0.05, 0) is 25.7 Å². The molecule has 0 atom stereocenters. The minimum atomic E-state index is -2.53. The third kappa shape index (κ3) is 2.50. The van der Waals surface area contributed by atoms with E-state index in [2.05, 4.69) is 10.1 Å². The molecule has 0 radical (unpaired) electrons. The molecule has 0 unspecified atom stereocenters. The molecule has 2 saturated carbocycles. The Hall–Kier alpha value is -1.04. The third-order valence-corrected chi connectivity index (χ3v) is 4.45. The van der Waals surface area contributed by atoms with Gasteiger partial charge in [0.05, 0.1) is 5.54 Å². The van der Waals surface area contributed by atoms with E-state index in [-0.39, 0.29) is 18.8 Å². The van der Waals surface area contributed by atoms with Crippen LogP contribution in [0.15, 0.2) is 4.52 Å². The number of hydrogen-bond acceptors (Lipinski definition) is 4. The zero-order chi connectivity index (χ0) is 13.5. The number of nitrogens with two attached hydrogens (primary N) is 1. The van der Waals surface area contributed by atoms with Gasteiger partial charge in [-0.1, -0.05) is 18.0 Å². The van der Waals surface area contributed by atoms with E-state index in [9.17, 15) is 8.78 Å². The molecular weight excluding hydrogens is 252 g/mol. The van der Waals surface area contributed by atoms with Crippen LogP contribution in [0.2, 0.25) is 0 Å². The zero-order valence-electron chi connectivity index (χ0n) is 10.9. The monoisotopic (exact) mass is 271 g/mol. The van der Waals surface area contributed by atoms with Crippen molar-refractivity contribution < 1.29 is 13.3 Å².